The number of aryl methyl sites for hydroxylation is 1. The van der Waals surface area contributed by atoms with Gasteiger partial charge in [-0.05, 0) is 31.0 Å². The van der Waals surface area contributed by atoms with Crippen LogP contribution in [0, 0.1) is 12.8 Å². The zero-order chi connectivity index (χ0) is 22.2. The number of rotatable bonds is 6. The van der Waals surface area contributed by atoms with E-state index in [0.29, 0.717) is 21.6 Å². The Morgan fingerprint density at radius 2 is 1.97 bits per heavy atom. The largest absolute Gasteiger partial charge is 0.482 e. The molecule has 0 aliphatic rings. The molecule has 0 atom stereocenters. The van der Waals surface area contributed by atoms with Gasteiger partial charge in [-0.15, -0.1) is 0 Å². The van der Waals surface area contributed by atoms with Gasteiger partial charge in [0, 0.05) is 17.6 Å². The number of aromatic nitrogens is 3. The zero-order valence-corrected chi connectivity index (χ0v) is 18.1. The van der Waals surface area contributed by atoms with E-state index < -0.39 is 23.6 Å². The highest BCUT2D eigenvalue weighted by molar-refractivity contribution is 6.39. The summed E-state index contributed by atoms with van der Waals surface area (Å²) >= 11 is 12.5. The molecule has 3 rings (SSSR count). The normalized spacial score (nSPS) is 11.3. The van der Waals surface area contributed by atoms with Crippen LogP contribution in [0.25, 0.3) is 10.9 Å². The van der Waals surface area contributed by atoms with E-state index in [1.165, 1.54) is 6.07 Å². The Kier molecular flexibility index (Phi) is 6.19. The van der Waals surface area contributed by atoms with Crippen LogP contribution in [0.3, 0.4) is 0 Å². The first-order valence-corrected chi connectivity index (χ1v) is 9.89. The van der Waals surface area contributed by atoms with Crippen LogP contribution in [0.1, 0.15) is 29.9 Å². The summed E-state index contributed by atoms with van der Waals surface area (Å²) in [6.45, 7) is 5.27. The lowest BCUT2D eigenvalue weighted by atomic mass is 10.1. The third-order valence-electron chi connectivity index (χ3n) is 4.39. The van der Waals surface area contributed by atoms with Gasteiger partial charge in [0.1, 0.15) is 16.9 Å². The van der Waals surface area contributed by atoms with Crippen molar-refractivity contribution >= 4 is 45.7 Å². The van der Waals surface area contributed by atoms with Crippen molar-refractivity contribution in [2.75, 3.05) is 12.3 Å². The molecule has 3 N–H and O–H groups in total. The van der Waals surface area contributed by atoms with Crippen LogP contribution in [0.5, 0.6) is 5.75 Å². The van der Waals surface area contributed by atoms with Crippen molar-refractivity contribution in [1.82, 2.24) is 14.5 Å². The average Bonchev–Trinajstić information content (AvgIpc) is 2.64. The Balaban J connectivity index is 1.98. The fourth-order valence-corrected chi connectivity index (χ4v) is 3.61. The summed E-state index contributed by atoms with van der Waals surface area (Å²) in [6, 6.07) is 5.05. The van der Waals surface area contributed by atoms with Crippen LogP contribution in [0.2, 0.25) is 10.0 Å². The molecule has 158 valence electrons. The third-order valence-corrected chi connectivity index (χ3v) is 4.98. The Bertz CT molecular complexity index is 1260. The number of benzene rings is 1. The summed E-state index contributed by atoms with van der Waals surface area (Å²) in [5, 5.41) is 1.17. The molecular weight excluding hydrogens is 431 g/mol. The summed E-state index contributed by atoms with van der Waals surface area (Å²) in [5.74, 6) is -0.660. The van der Waals surface area contributed by atoms with Crippen LogP contribution in [-0.2, 0) is 6.54 Å². The lowest BCUT2D eigenvalue weighted by Gasteiger charge is -2.15. The second-order valence-corrected chi connectivity index (χ2v) is 8.07. The predicted molar refractivity (Wildman–Crippen MR) is 117 cm³/mol. The molecular formula is C20H20Cl2N4O4. The Labute approximate surface area is 181 Å². The van der Waals surface area contributed by atoms with Crippen LogP contribution in [0.15, 0.2) is 27.8 Å². The quantitative estimate of drug-likeness (QED) is 0.556. The molecule has 0 radical (unpaired) electrons. The first-order chi connectivity index (χ1) is 14.1. The van der Waals surface area contributed by atoms with Crippen molar-refractivity contribution in [2.45, 2.75) is 27.3 Å². The smallest absolute Gasteiger partial charge is 0.329 e. The maximum Gasteiger partial charge on any atom is 0.329 e. The van der Waals surface area contributed by atoms with E-state index in [-0.39, 0.29) is 34.6 Å². The Morgan fingerprint density at radius 3 is 2.63 bits per heavy atom. The number of ether oxygens (including phenoxy) is 1. The minimum absolute atomic E-state index is 0.0728. The molecule has 30 heavy (non-hydrogen) atoms. The number of anilines is 1. The van der Waals surface area contributed by atoms with Crippen molar-refractivity contribution in [3.05, 3.63) is 60.3 Å². The van der Waals surface area contributed by atoms with Gasteiger partial charge in [-0.1, -0.05) is 37.0 Å². The SMILES string of the molecule is Cc1ccc2c(Cl)cc(Cl)c(OCC(=O)c3c(N)n(CC(C)C)c(=O)[nH]c3=O)c2n1. The molecule has 2 heterocycles. The summed E-state index contributed by atoms with van der Waals surface area (Å²) < 4.78 is 6.80. The van der Waals surface area contributed by atoms with Gasteiger partial charge in [-0.2, -0.15) is 0 Å². The highest BCUT2D eigenvalue weighted by Crippen LogP contribution is 2.37. The Morgan fingerprint density at radius 1 is 1.27 bits per heavy atom. The minimum atomic E-state index is -0.868. The van der Waals surface area contributed by atoms with E-state index in [4.69, 9.17) is 33.7 Å². The number of carbonyl (C=O) groups is 1. The van der Waals surface area contributed by atoms with Gasteiger partial charge in [0.05, 0.1) is 10.0 Å². The molecule has 0 amide bonds. The standard InChI is InChI=1S/C20H20Cl2N4O4/c1-9(2)7-26-18(23)15(19(28)25-20(26)29)14(27)8-30-17-13(22)6-12(21)11-5-4-10(3)24-16(11)17/h4-6,9H,7-8,23H2,1-3H3,(H,25,28,29). The zero-order valence-electron chi connectivity index (χ0n) is 16.6. The van der Waals surface area contributed by atoms with Crippen molar-refractivity contribution in [1.29, 1.82) is 0 Å². The van der Waals surface area contributed by atoms with Gasteiger partial charge in [0.15, 0.2) is 12.4 Å². The number of hydrogen-bond acceptors (Lipinski definition) is 6. The highest BCUT2D eigenvalue weighted by Gasteiger charge is 2.22. The van der Waals surface area contributed by atoms with Crippen molar-refractivity contribution in [3.63, 3.8) is 0 Å². The summed E-state index contributed by atoms with van der Waals surface area (Å²) in [6.07, 6.45) is 0. The molecule has 0 aliphatic carbocycles. The number of halogens is 2. The fraction of sp³-hybridized carbons (Fsp3) is 0.300. The van der Waals surface area contributed by atoms with E-state index >= 15 is 0 Å². The van der Waals surface area contributed by atoms with E-state index in [9.17, 15) is 14.4 Å². The van der Waals surface area contributed by atoms with Gasteiger partial charge < -0.3 is 10.5 Å². The number of pyridine rings is 1. The number of aromatic amines is 1. The van der Waals surface area contributed by atoms with E-state index in [0.717, 1.165) is 4.57 Å². The van der Waals surface area contributed by atoms with Gasteiger partial charge in [-0.3, -0.25) is 19.1 Å². The van der Waals surface area contributed by atoms with Crippen molar-refractivity contribution in [2.24, 2.45) is 5.92 Å². The molecule has 0 fully saturated rings. The number of ketones is 1. The maximum absolute atomic E-state index is 12.8. The molecule has 0 aliphatic heterocycles. The van der Waals surface area contributed by atoms with Crippen LogP contribution < -0.4 is 21.7 Å². The average molecular weight is 451 g/mol. The molecule has 0 bridgehead atoms. The number of nitrogen functional groups attached to an aromatic ring is 1. The number of hydrogen-bond donors (Lipinski definition) is 2. The molecule has 0 spiro atoms. The van der Waals surface area contributed by atoms with Crippen molar-refractivity contribution in [3.8, 4) is 5.75 Å². The van der Waals surface area contributed by atoms with Crippen molar-refractivity contribution < 1.29 is 9.53 Å². The predicted octanol–water partition coefficient (Wildman–Crippen LogP) is 3.20. The van der Waals surface area contributed by atoms with E-state index in [1.807, 2.05) is 13.8 Å². The molecule has 3 aromatic rings. The first-order valence-electron chi connectivity index (χ1n) is 9.14. The molecule has 10 heteroatoms. The first kappa shape index (κ1) is 21.9. The number of H-pyrrole nitrogens is 1. The van der Waals surface area contributed by atoms with Gasteiger partial charge in [-0.25, -0.2) is 9.78 Å². The summed E-state index contributed by atoms with van der Waals surface area (Å²) in [7, 11) is 0. The number of nitrogens with zero attached hydrogens (tertiary/aromatic N) is 2. The molecule has 8 nitrogen and oxygen atoms in total. The Hall–Kier alpha value is -2.84. The van der Waals surface area contributed by atoms with E-state index in [2.05, 4.69) is 9.97 Å². The molecule has 1 aromatic carbocycles. The van der Waals surface area contributed by atoms with Crippen LogP contribution >= 0.6 is 23.2 Å². The lowest BCUT2D eigenvalue weighted by molar-refractivity contribution is 0.0921. The molecule has 2 aromatic heterocycles. The fourth-order valence-electron chi connectivity index (χ4n) is 3.04. The van der Waals surface area contributed by atoms with Gasteiger partial charge >= 0.3 is 5.69 Å². The monoisotopic (exact) mass is 450 g/mol. The van der Waals surface area contributed by atoms with E-state index in [1.54, 1.807) is 19.1 Å². The number of carbonyl (C=O) groups excluding carboxylic acids is 1. The topological polar surface area (TPSA) is 120 Å². The minimum Gasteiger partial charge on any atom is -0.482 e. The second-order valence-electron chi connectivity index (χ2n) is 7.25. The third kappa shape index (κ3) is 4.20. The maximum atomic E-state index is 12.8. The lowest BCUT2D eigenvalue weighted by Crippen LogP contribution is -2.38. The highest BCUT2D eigenvalue weighted by atomic mass is 35.5. The summed E-state index contributed by atoms with van der Waals surface area (Å²) in [5.41, 5.74) is 5.20. The van der Waals surface area contributed by atoms with Gasteiger partial charge in [0.2, 0.25) is 5.78 Å². The molecule has 0 unspecified atom stereocenters. The summed E-state index contributed by atoms with van der Waals surface area (Å²) in [4.78, 5) is 43.6. The number of fused-ring (bicyclic) bond motifs is 1. The number of nitrogens with one attached hydrogen (secondary N) is 1. The number of Topliss-reactive ketones (excluding diaryl/α,β-unsaturated/α-hetero) is 1. The van der Waals surface area contributed by atoms with Gasteiger partial charge in [0.25, 0.3) is 5.56 Å². The van der Waals surface area contributed by atoms with Crippen LogP contribution in [0.4, 0.5) is 5.82 Å². The van der Waals surface area contributed by atoms with Crippen LogP contribution in [-0.4, -0.2) is 26.9 Å². The number of nitrogens with two attached hydrogens (primary N) is 1. The molecule has 0 saturated carbocycles. The second kappa shape index (κ2) is 8.49. The molecule has 0 saturated heterocycles.